The van der Waals surface area contributed by atoms with E-state index >= 15 is 0 Å². The molecule has 86 valence electrons. The normalized spacial score (nSPS) is 12.9. The highest BCUT2D eigenvalue weighted by Gasteiger charge is 2.18. The number of methoxy groups -OCH3 is 1. The molecule has 0 saturated carbocycles. The van der Waals surface area contributed by atoms with Crippen LogP contribution in [0.4, 0.5) is 4.79 Å². The third-order valence-electron chi connectivity index (χ3n) is 1.99. The third kappa shape index (κ3) is 2.88. The minimum atomic E-state index is -0.710. The maximum Gasteiger partial charge on any atom is 0.407 e. The fourth-order valence-corrected chi connectivity index (χ4v) is 1.21. The summed E-state index contributed by atoms with van der Waals surface area (Å²) in [5, 5.41) is 14.0. The largest absolute Gasteiger partial charge is 0.453 e. The van der Waals surface area contributed by atoms with E-state index in [2.05, 4.69) is 15.2 Å². The second-order valence-corrected chi connectivity index (χ2v) is 3.00. The second-order valence-electron chi connectivity index (χ2n) is 3.00. The van der Waals surface area contributed by atoms with E-state index in [4.69, 9.17) is 10.9 Å². The zero-order chi connectivity index (χ0) is 12.0. The van der Waals surface area contributed by atoms with Crippen LogP contribution in [-0.2, 0) is 4.74 Å². The molecule has 0 heterocycles. The molecule has 6 nitrogen and oxygen atoms in total. The molecule has 1 aromatic carbocycles. The van der Waals surface area contributed by atoms with Gasteiger partial charge in [-0.25, -0.2) is 4.79 Å². The molecule has 16 heavy (non-hydrogen) atoms. The van der Waals surface area contributed by atoms with Gasteiger partial charge in [0, 0.05) is 0 Å². The number of rotatable bonds is 3. The summed E-state index contributed by atoms with van der Waals surface area (Å²) in [6.45, 7) is 0. The van der Waals surface area contributed by atoms with Crippen molar-refractivity contribution in [3.8, 4) is 0 Å². The van der Waals surface area contributed by atoms with Gasteiger partial charge in [-0.1, -0.05) is 35.5 Å². The summed E-state index contributed by atoms with van der Waals surface area (Å²) in [4.78, 5) is 11.1. The van der Waals surface area contributed by atoms with Gasteiger partial charge in [0.15, 0.2) is 5.84 Å². The van der Waals surface area contributed by atoms with Gasteiger partial charge in [-0.2, -0.15) is 0 Å². The van der Waals surface area contributed by atoms with Crippen molar-refractivity contribution in [2.24, 2.45) is 10.9 Å². The molecule has 1 atom stereocenters. The van der Waals surface area contributed by atoms with Gasteiger partial charge in [-0.3, -0.25) is 0 Å². The van der Waals surface area contributed by atoms with Gasteiger partial charge in [-0.15, -0.1) is 0 Å². The first-order valence-corrected chi connectivity index (χ1v) is 4.56. The van der Waals surface area contributed by atoms with E-state index in [1.807, 2.05) is 6.07 Å². The Hall–Kier alpha value is -2.24. The maximum absolute atomic E-state index is 11.1. The number of nitrogens with two attached hydrogens (primary N) is 1. The molecule has 0 aliphatic carbocycles. The molecule has 0 saturated heterocycles. The minimum Gasteiger partial charge on any atom is -0.453 e. The number of ether oxygens (including phenoxy) is 1. The van der Waals surface area contributed by atoms with Gasteiger partial charge in [0.25, 0.3) is 0 Å². The highest BCUT2D eigenvalue weighted by Crippen LogP contribution is 2.12. The molecular formula is C10H13N3O3. The van der Waals surface area contributed by atoms with Crippen molar-refractivity contribution in [3.63, 3.8) is 0 Å². The summed E-state index contributed by atoms with van der Waals surface area (Å²) < 4.78 is 4.45. The van der Waals surface area contributed by atoms with Gasteiger partial charge < -0.3 is 21.0 Å². The molecule has 0 aromatic heterocycles. The highest BCUT2D eigenvalue weighted by atomic mass is 16.5. The Morgan fingerprint density at radius 2 is 2.12 bits per heavy atom. The fraction of sp³-hybridized carbons (Fsp3) is 0.200. The number of carbonyl (C=O) groups is 1. The van der Waals surface area contributed by atoms with Gasteiger partial charge in [0.05, 0.1) is 7.11 Å². The highest BCUT2D eigenvalue weighted by molar-refractivity contribution is 5.89. The van der Waals surface area contributed by atoms with Crippen LogP contribution in [0.2, 0.25) is 0 Å². The molecule has 0 bridgehead atoms. The average Bonchev–Trinajstić information content (AvgIpc) is 2.35. The predicted octanol–water partition coefficient (Wildman–Crippen LogP) is 0.830. The van der Waals surface area contributed by atoms with E-state index in [0.717, 1.165) is 0 Å². The third-order valence-corrected chi connectivity index (χ3v) is 1.99. The smallest absolute Gasteiger partial charge is 0.407 e. The number of nitrogens with one attached hydrogen (secondary N) is 1. The number of hydrogen-bond acceptors (Lipinski definition) is 4. The molecule has 1 amide bonds. The lowest BCUT2D eigenvalue weighted by atomic mass is 10.1. The Morgan fingerprint density at radius 1 is 1.50 bits per heavy atom. The number of oxime groups is 1. The van der Waals surface area contributed by atoms with Crippen molar-refractivity contribution in [1.29, 1.82) is 0 Å². The first-order chi connectivity index (χ1) is 7.69. The molecular weight excluding hydrogens is 210 g/mol. The number of amides is 1. The summed E-state index contributed by atoms with van der Waals surface area (Å²) >= 11 is 0. The topological polar surface area (TPSA) is 96.9 Å². The first kappa shape index (κ1) is 11.8. The van der Waals surface area contributed by atoms with E-state index in [1.54, 1.807) is 24.3 Å². The van der Waals surface area contributed by atoms with Crippen LogP contribution in [0.15, 0.2) is 35.5 Å². The molecule has 0 aliphatic heterocycles. The Balaban J connectivity index is 2.93. The fourth-order valence-electron chi connectivity index (χ4n) is 1.21. The van der Waals surface area contributed by atoms with Crippen molar-refractivity contribution in [2.75, 3.05) is 7.11 Å². The van der Waals surface area contributed by atoms with Gasteiger partial charge in [0.1, 0.15) is 6.04 Å². The Labute approximate surface area is 92.7 Å². The second kappa shape index (κ2) is 5.59. The lowest BCUT2D eigenvalue weighted by molar-refractivity contribution is 0.169. The summed E-state index contributed by atoms with van der Waals surface area (Å²) in [7, 11) is 1.24. The summed E-state index contributed by atoms with van der Waals surface area (Å²) in [5.41, 5.74) is 6.18. The van der Waals surface area contributed by atoms with Gasteiger partial charge >= 0.3 is 6.09 Å². The zero-order valence-corrected chi connectivity index (χ0v) is 8.75. The number of amidine groups is 1. The van der Waals surface area contributed by atoms with Crippen molar-refractivity contribution in [3.05, 3.63) is 35.9 Å². The summed E-state index contributed by atoms with van der Waals surface area (Å²) in [6.07, 6.45) is -0.652. The van der Waals surface area contributed by atoms with Crippen LogP contribution in [0, 0.1) is 0 Å². The zero-order valence-electron chi connectivity index (χ0n) is 8.75. The maximum atomic E-state index is 11.1. The Bertz CT molecular complexity index is 378. The van der Waals surface area contributed by atoms with E-state index < -0.39 is 12.1 Å². The number of nitrogens with zero attached hydrogens (tertiary/aromatic N) is 1. The van der Waals surface area contributed by atoms with Crippen LogP contribution in [0.25, 0.3) is 0 Å². The minimum absolute atomic E-state index is 0.114. The van der Waals surface area contributed by atoms with Crippen molar-refractivity contribution in [2.45, 2.75) is 6.04 Å². The van der Waals surface area contributed by atoms with Crippen LogP contribution in [0.1, 0.15) is 11.6 Å². The monoisotopic (exact) mass is 223 g/mol. The Kier molecular flexibility index (Phi) is 4.14. The van der Waals surface area contributed by atoms with Gasteiger partial charge in [-0.05, 0) is 5.56 Å². The molecule has 6 heteroatoms. The molecule has 0 radical (unpaired) electrons. The van der Waals surface area contributed by atoms with Crippen LogP contribution in [0.3, 0.4) is 0 Å². The molecule has 0 fully saturated rings. The first-order valence-electron chi connectivity index (χ1n) is 4.56. The van der Waals surface area contributed by atoms with E-state index in [0.29, 0.717) is 5.56 Å². The number of hydrogen-bond donors (Lipinski definition) is 3. The molecule has 0 aliphatic rings. The summed E-state index contributed by atoms with van der Waals surface area (Å²) in [5.74, 6) is -0.114. The van der Waals surface area contributed by atoms with Gasteiger partial charge in [0.2, 0.25) is 0 Å². The summed E-state index contributed by atoms with van der Waals surface area (Å²) in [6, 6.07) is 8.18. The van der Waals surface area contributed by atoms with Crippen molar-refractivity contribution < 1.29 is 14.7 Å². The van der Waals surface area contributed by atoms with Crippen LogP contribution >= 0.6 is 0 Å². The molecule has 1 unspecified atom stereocenters. The Morgan fingerprint density at radius 3 is 2.62 bits per heavy atom. The molecule has 1 aromatic rings. The lowest BCUT2D eigenvalue weighted by Crippen LogP contribution is -2.37. The number of alkyl carbamates (subject to hydrolysis) is 1. The van der Waals surface area contributed by atoms with Crippen LogP contribution < -0.4 is 11.1 Å². The number of carbonyl (C=O) groups excluding carboxylic acids is 1. The predicted molar refractivity (Wildman–Crippen MR) is 58.1 cm³/mol. The van der Waals surface area contributed by atoms with Crippen molar-refractivity contribution >= 4 is 11.9 Å². The molecule has 4 N–H and O–H groups in total. The quantitative estimate of drug-likeness (QED) is 0.306. The SMILES string of the molecule is COC(=O)NC(/C(N)=N/O)c1ccccc1. The lowest BCUT2D eigenvalue weighted by Gasteiger charge is -2.16. The van der Waals surface area contributed by atoms with Crippen molar-refractivity contribution in [1.82, 2.24) is 5.32 Å². The van der Waals surface area contributed by atoms with E-state index in [-0.39, 0.29) is 5.84 Å². The average molecular weight is 223 g/mol. The number of benzene rings is 1. The van der Waals surface area contributed by atoms with Crippen LogP contribution in [0.5, 0.6) is 0 Å². The molecule has 1 rings (SSSR count). The standard InChI is InChI=1S/C10H13N3O3/c1-16-10(14)12-8(9(11)13-15)7-5-3-2-4-6-7/h2-6,8,15H,1H3,(H2,11,13)(H,12,14). The van der Waals surface area contributed by atoms with Crippen LogP contribution in [-0.4, -0.2) is 24.2 Å². The van der Waals surface area contributed by atoms with E-state index in [1.165, 1.54) is 7.11 Å². The van der Waals surface area contributed by atoms with E-state index in [9.17, 15) is 4.79 Å². The molecule has 0 spiro atoms.